The summed E-state index contributed by atoms with van der Waals surface area (Å²) in [6.45, 7) is 0.337. The third-order valence-electron chi connectivity index (χ3n) is 1.71. The molecule has 0 bridgehead atoms. The smallest absolute Gasteiger partial charge is 0.168 e. The van der Waals surface area contributed by atoms with Gasteiger partial charge in [-0.25, -0.2) is 0 Å². The molecule has 1 rings (SSSR count). The van der Waals surface area contributed by atoms with Crippen LogP contribution in [0.25, 0.3) is 16.5 Å². The van der Waals surface area contributed by atoms with Crippen molar-refractivity contribution in [2.75, 3.05) is 11.9 Å². The van der Waals surface area contributed by atoms with Gasteiger partial charge in [0.05, 0.1) is 0 Å². The molecule has 6 heteroatoms. The van der Waals surface area contributed by atoms with E-state index < -0.39 is 0 Å². The first-order chi connectivity index (χ1) is 7.72. The molecule has 0 atom stereocenters. The van der Waals surface area contributed by atoms with E-state index in [9.17, 15) is 0 Å². The monoisotopic (exact) mass is 233 g/mol. The van der Waals surface area contributed by atoms with Crippen molar-refractivity contribution in [2.24, 2.45) is 10.8 Å². The van der Waals surface area contributed by atoms with Gasteiger partial charge in [0, 0.05) is 17.1 Å². The van der Waals surface area contributed by atoms with Gasteiger partial charge in [-0.05, 0) is 35.4 Å². The van der Waals surface area contributed by atoms with Gasteiger partial charge in [0.2, 0.25) is 0 Å². The molecule has 0 fully saturated rings. The van der Waals surface area contributed by atoms with Crippen LogP contribution in [0.5, 0.6) is 0 Å². The highest BCUT2D eigenvalue weighted by Crippen LogP contribution is 2.11. The van der Waals surface area contributed by atoms with Crippen LogP contribution in [0.3, 0.4) is 0 Å². The van der Waals surface area contributed by atoms with Crippen LogP contribution in [0.4, 0.5) is 5.69 Å². The lowest BCUT2D eigenvalue weighted by Gasteiger charge is -2.03. The Balaban J connectivity index is 2.70. The Labute approximate surface area is 98.6 Å². The van der Waals surface area contributed by atoms with Crippen LogP contribution in [0.15, 0.2) is 35.5 Å². The number of rotatable bonds is 4. The maximum Gasteiger partial charge on any atom is 0.168 e. The standard InChI is InChI=1S/C10H11N5S/c11-10(16)14-9-5-1-3-8(7-9)4-2-6-13-15-12/h1-5,7H,6H2,(H3,11,14,16). The minimum atomic E-state index is 0.232. The molecule has 0 unspecified atom stereocenters. The Morgan fingerprint density at radius 3 is 3.12 bits per heavy atom. The number of anilines is 1. The van der Waals surface area contributed by atoms with Gasteiger partial charge in [-0.2, -0.15) is 0 Å². The van der Waals surface area contributed by atoms with Crippen LogP contribution in [0.2, 0.25) is 0 Å². The molecule has 0 radical (unpaired) electrons. The Hall–Kier alpha value is -2.04. The highest BCUT2D eigenvalue weighted by atomic mass is 32.1. The number of hydrogen-bond acceptors (Lipinski definition) is 2. The summed E-state index contributed by atoms with van der Waals surface area (Å²) in [4.78, 5) is 2.65. The summed E-state index contributed by atoms with van der Waals surface area (Å²) in [5.41, 5.74) is 15.3. The summed E-state index contributed by atoms with van der Waals surface area (Å²) in [7, 11) is 0. The van der Waals surface area contributed by atoms with Crippen molar-refractivity contribution in [3.05, 3.63) is 46.3 Å². The van der Waals surface area contributed by atoms with Gasteiger partial charge in [0.25, 0.3) is 0 Å². The quantitative estimate of drug-likeness (QED) is 0.363. The van der Waals surface area contributed by atoms with Gasteiger partial charge in [-0.1, -0.05) is 29.4 Å². The molecule has 3 N–H and O–H groups in total. The molecule has 0 heterocycles. The van der Waals surface area contributed by atoms with Crippen molar-refractivity contribution in [1.29, 1.82) is 0 Å². The van der Waals surface area contributed by atoms with Gasteiger partial charge in [0.1, 0.15) is 0 Å². The molecule has 0 amide bonds. The fraction of sp³-hybridized carbons (Fsp3) is 0.100. The first kappa shape index (κ1) is 12.0. The third-order valence-corrected chi connectivity index (χ3v) is 1.82. The Morgan fingerprint density at radius 1 is 1.62 bits per heavy atom. The van der Waals surface area contributed by atoms with E-state index in [1.54, 1.807) is 6.08 Å². The van der Waals surface area contributed by atoms with Crippen molar-refractivity contribution in [1.82, 2.24) is 0 Å². The maximum absolute atomic E-state index is 8.09. The fourth-order valence-electron chi connectivity index (χ4n) is 1.13. The van der Waals surface area contributed by atoms with Crippen molar-refractivity contribution < 1.29 is 0 Å². The number of nitrogens with one attached hydrogen (secondary N) is 1. The second kappa shape index (κ2) is 6.44. The van der Waals surface area contributed by atoms with Gasteiger partial charge in [0.15, 0.2) is 5.11 Å². The van der Waals surface area contributed by atoms with Crippen molar-refractivity contribution >= 4 is 29.1 Å². The van der Waals surface area contributed by atoms with Crippen LogP contribution < -0.4 is 11.1 Å². The number of nitrogens with zero attached hydrogens (tertiary/aromatic N) is 3. The first-order valence-corrected chi connectivity index (χ1v) is 4.97. The highest BCUT2D eigenvalue weighted by Gasteiger charge is 1.93. The molecule has 82 valence electrons. The summed E-state index contributed by atoms with van der Waals surface area (Å²) in [6, 6.07) is 7.57. The lowest BCUT2D eigenvalue weighted by atomic mass is 10.2. The summed E-state index contributed by atoms with van der Waals surface area (Å²) in [5, 5.41) is 6.47. The predicted molar refractivity (Wildman–Crippen MR) is 69.9 cm³/mol. The fourth-order valence-corrected chi connectivity index (χ4v) is 1.25. The Bertz CT molecular complexity index is 448. The second-order valence-corrected chi connectivity index (χ2v) is 3.37. The largest absolute Gasteiger partial charge is 0.376 e. The maximum atomic E-state index is 8.09. The molecule has 0 aliphatic heterocycles. The van der Waals surface area contributed by atoms with Crippen LogP contribution in [-0.2, 0) is 0 Å². The van der Waals surface area contributed by atoms with E-state index in [2.05, 4.69) is 15.3 Å². The van der Waals surface area contributed by atoms with Crippen LogP contribution in [-0.4, -0.2) is 11.7 Å². The van der Waals surface area contributed by atoms with E-state index in [-0.39, 0.29) is 5.11 Å². The summed E-state index contributed by atoms with van der Waals surface area (Å²) in [6.07, 6.45) is 3.64. The number of hydrogen-bond donors (Lipinski definition) is 2. The summed E-state index contributed by atoms with van der Waals surface area (Å²) >= 11 is 4.74. The molecule has 0 spiro atoms. The number of nitrogens with two attached hydrogens (primary N) is 1. The lowest BCUT2D eigenvalue weighted by molar-refractivity contribution is 1.22. The molecule has 0 saturated carbocycles. The molecule has 5 nitrogen and oxygen atoms in total. The Morgan fingerprint density at radius 2 is 2.44 bits per heavy atom. The normalized spacial score (nSPS) is 9.75. The molecule has 0 saturated heterocycles. The topological polar surface area (TPSA) is 86.8 Å². The molecular formula is C10H11N5S. The van der Waals surface area contributed by atoms with Gasteiger partial charge in [-0.15, -0.1) is 0 Å². The van der Waals surface area contributed by atoms with Gasteiger partial charge >= 0.3 is 0 Å². The van der Waals surface area contributed by atoms with Crippen LogP contribution in [0, 0.1) is 0 Å². The van der Waals surface area contributed by atoms with Crippen molar-refractivity contribution in [2.45, 2.75) is 0 Å². The zero-order chi connectivity index (χ0) is 11.8. The van der Waals surface area contributed by atoms with Crippen molar-refractivity contribution in [3.8, 4) is 0 Å². The number of benzene rings is 1. The highest BCUT2D eigenvalue weighted by molar-refractivity contribution is 7.80. The van der Waals surface area contributed by atoms with E-state index in [0.29, 0.717) is 6.54 Å². The Kier molecular flexibility index (Phi) is 4.85. The number of thiocarbonyl (C=S) groups is 1. The average Bonchev–Trinajstić information content (AvgIpc) is 2.24. The molecule has 0 aliphatic carbocycles. The second-order valence-electron chi connectivity index (χ2n) is 2.93. The van der Waals surface area contributed by atoms with E-state index in [0.717, 1.165) is 11.3 Å². The summed E-state index contributed by atoms with van der Waals surface area (Å²) in [5.74, 6) is 0. The lowest BCUT2D eigenvalue weighted by Crippen LogP contribution is -2.18. The molecule has 0 aliphatic rings. The average molecular weight is 233 g/mol. The minimum absolute atomic E-state index is 0.232. The SMILES string of the molecule is [N-]=[N+]=NCC=Cc1cccc(NC(N)=S)c1. The number of azide groups is 1. The first-order valence-electron chi connectivity index (χ1n) is 4.56. The van der Waals surface area contributed by atoms with E-state index in [4.69, 9.17) is 23.5 Å². The van der Waals surface area contributed by atoms with Crippen LogP contribution >= 0.6 is 12.2 Å². The predicted octanol–water partition coefficient (Wildman–Crippen LogP) is 2.67. The van der Waals surface area contributed by atoms with Crippen molar-refractivity contribution in [3.63, 3.8) is 0 Å². The zero-order valence-electron chi connectivity index (χ0n) is 8.50. The molecule has 0 aromatic heterocycles. The van der Waals surface area contributed by atoms with E-state index in [1.165, 1.54) is 0 Å². The van der Waals surface area contributed by atoms with E-state index in [1.807, 2.05) is 30.3 Å². The van der Waals surface area contributed by atoms with Crippen LogP contribution in [0.1, 0.15) is 5.56 Å². The van der Waals surface area contributed by atoms with Gasteiger partial charge < -0.3 is 11.1 Å². The zero-order valence-corrected chi connectivity index (χ0v) is 9.31. The summed E-state index contributed by atoms with van der Waals surface area (Å²) < 4.78 is 0. The molecule has 1 aromatic carbocycles. The third kappa shape index (κ3) is 4.45. The minimum Gasteiger partial charge on any atom is -0.376 e. The molecule has 16 heavy (non-hydrogen) atoms. The van der Waals surface area contributed by atoms with Gasteiger partial charge in [-0.3, -0.25) is 0 Å². The van der Waals surface area contributed by atoms with E-state index >= 15 is 0 Å². The molecular weight excluding hydrogens is 222 g/mol. The molecule has 1 aromatic rings.